The van der Waals surface area contributed by atoms with Gasteiger partial charge in [0.25, 0.3) is 0 Å². The first-order chi connectivity index (χ1) is 8.20. The van der Waals surface area contributed by atoms with Crippen molar-refractivity contribution in [1.29, 1.82) is 0 Å². The molecule has 3 nitrogen and oxygen atoms in total. The van der Waals surface area contributed by atoms with Crippen LogP contribution in [-0.4, -0.2) is 17.6 Å². The van der Waals surface area contributed by atoms with Crippen LogP contribution in [0.25, 0.3) is 0 Å². The average molecular weight is 233 g/mol. The number of aromatic nitrogens is 1. The maximum Gasteiger partial charge on any atom is 0.126 e. The molecular formula is C14H23N3. The maximum atomic E-state index is 5.98. The van der Waals surface area contributed by atoms with Crippen molar-refractivity contribution in [2.24, 2.45) is 0 Å². The fraction of sp³-hybridized carbons (Fsp3) is 0.643. The number of nitrogen functional groups attached to an aromatic ring is 1. The molecule has 3 heteroatoms. The van der Waals surface area contributed by atoms with Crippen molar-refractivity contribution in [3.05, 3.63) is 23.4 Å². The van der Waals surface area contributed by atoms with Crippen LogP contribution in [0.2, 0.25) is 0 Å². The lowest BCUT2D eigenvalue weighted by Gasteiger charge is -2.14. The van der Waals surface area contributed by atoms with E-state index in [9.17, 15) is 0 Å². The van der Waals surface area contributed by atoms with Crippen LogP contribution in [0.1, 0.15) is 49.7 Å². The summed E-state index contributed by atoms with van der Waals surface area (Å²) in [6, 6.07) is 2.87. The number of anilines is 1. The maximum absolute atomic E-state index is 5.98. The number of hydrogen-bond acceptors (Lipinski definition) is 3. The van der Waals surface area contributed by atoms with E-state index in [1.54, 1.807) is 0 Å². The van der Waals surface area contributed by atoms with E-state index in [4.69, 9.17) is 5.73 Å². The van der Waals surface area contributed by atoms with Crippen molar-refractivity contribution in [2.75, 3.05) is 12.3 Å². The molecule has 1 aromatic rings. The van der Waals surface area contributed by atoms with Crippen molar-refractivity contribution in [1.82, 2.24) is 10.3 Å². The summed E-state index contributed by atoms with van der Waals surface area (Å²) in [7, 11) is 0. The number of nitrogens with zero attached hydrogens (tertiary/aromatic N) is 1. The Morgan fingerprint density at radius 3 is 3.06 bits per heavy atom. The molecule has 94 valence electrons. The smallest absolute Gasteiger partial charge is 0.126 e. The van der Waals surface area contributed by atoms with Crippen molar-refractivity contribution < 1.29 is 0 Å². The standard InChI is InChI=1S/C14H23N3/c1-3-6-16-12-5-4-11(8-12)13-7-10(2)9-17-14(13)15/h7,9,11-12,16H,3-6,8H2,1-2H3,(H2,15,17). The van der Waals surface area contributed by atoms with Crippen LogP contribution >= 0.6 is 0 Å². The highest BCUT2D eigenvalue weighted by Crippen LogP contribution is 2.36. The van der Waals surface area contributed by atoms with Gasteiger partial charge in [-0.25, -0.2) is 4.98 Å². The summed E-state index contributed by atoms with van der Waals surface area (Å²) in [5, 5.41) is 3.60. The van der Waals surface area contributed by atoms with Gasteiger partial charge in [0.05, 0.1) is 0 Å². The highest BCUT2D eigenvalue weighted by atomic mass is 14.9. The molecule has 2 atom stereocenters. The van der Waals surface area contributed by atoms with E-state index in [1.165, 1.54) is 36.8 Å². The number of aryl methyl sites for hydroxylation is 1. The predicted octanol–water partition coefficient (Wildman–Crippen LogP) is 2.61. The molecule has 1 fully saturated rings. The van der Waals surface area contributed by atoms with E-state index in [2.05, 4.69) is 30.2 Å². The molecule has 1 heterocycles. The number of pyridine rings is 1. The summed E-state index contributed by atoms with van der Waals surface area (Å²) >= 11 is 0. The molecule has 1 aliphatic rings. The monoisotopic (exact) mass is 233 g/mol. The molecule has 1 saturated carbocycles. The van der Waals surface area contributed by atoms with Crippen LogP contribution in [0.4, 0.5) is 5.82 Å². The average Bonchev–Trinajstić information content (AvgIpc) is 2.78. The quantitative estimate of drug-likeness (QED) is 0.840. The molecule has 1 aromatic heterocycles. The SMILES string of the molecule is CCCNC1CCC(c2cc(C)cnc2N)C1. The zero-order valence-corrected chi connectivity index (χ0v) is 10.9. The van der Waals surface area contributed by atoms with Gasteiger partial charge in [-0.2, -0.15) is 0 Å². The third kappa shape index (κ3) is 2.97. The van der Waals surface area contributed by atoms with Crippen LogP contribution in [0, 0.1) is 6.92 Å². The number of nitrogens with one attached hydrogen (secondary N) is 1. The Hall–Kier alpha value is -1.09. The Morgan fingerprint density at radius 1 is 1.47 bits per heavy atom. The molecule has 17 heavy (non-hydrogen) atoms. The predicted molar refractivity (Wildman–Crippen MR) is 72.1 cm³/mol. The first kappa shape index (κ1) is 12.4. The Bertz CT molecular complexity index is 376. The normalized spacial score (nSPS) is 24.1. The molecule has 2 rings (SSSR count). The second kappa shape index (κ2) is 5.50. The zero-order valence-electron chi connectivity index (χ0n) is 10.9. The molecule has 0 saturated heterocycles. The molecule has 0 bridgehead atoms. The molecule has 0 amide bonds. The van der Waals surface area contributed by atoms with Gasteiger partial charge < -0.3 is 11.1 Å². The zero-order chi connectivity index (χ0) is 12.3. The molecule has 3 N–H and O–H groups in total. The minimum atomic E-state index is 0.594. The number of hydrogen-bond donors (Lipinski definition) is 2. The Labute approximate surface area is 104 Å². The minimum Gasteiger partial charge on any atom is -0.383 e. The molecule has 0 aliphatic heterocycles. The summed E-state index contributed by atoms with van der Waals surface area (Å²) in [5.74, 6) is 1.31. The fourth-order valence-electron chi connectivity index (χ4n) is 2.73. The lowest BCUT2D eigenvalue weighted by molar-refractivity contribution is 0.517. The lowest BCUT2D eigenvalue weighted by Crippen LogP contribution is -2.26. The van der Waals surface area contributed by atoms with Gasteiger partial charge in [0, 0.05) is 12.2 Å². The van der Waals surface area contributed by atoms with Gasteiger partial charge in [-0.3, -0.25) is 0 Å². The Balaban J connectivity index is 2.02. The van der Waals surface area contributed by atoms with Gasteiger partial charge in [-0.05, 0) is 56.2 Å². The largest absolute Gasteiger partial charge is 0.383 e. The highest BCUT2D eigenvalue weighted by molar-refractivity contribution is 5.43. The second-order valence-corrected chi connectivity index (χ2v) is 5.15. The van der Waals surface area contributed by atoms with Crippen molar-refractivity contribution >= 4 is 5.82 Å². The first-order valence-electron chi connectivity index (χ1n) is 6.66. The Kier molecular flexibility index (Phi) is 4.00. The Morgan fingerprint density at radius 2 is 2.29 bits per heavy atom. The van der Waals surface area contributed by atoms with E-state index in [-0.39, 0.29) is 0 Å². The molecule has 0 radical (unpaired) electrons. The van der Waals surface area contributed by atoms with Gasteiger partial charge in [-0.1, -0.05) is 13.0 Å². The van der Waals surface area contributed by atoms with Crippen LogP contribution in [-0.2, 0) is 0 Å². The first-order valence-corrected chi connectivity index (χ1v) is 6.66. The number of rotatable bonds is 4. The van der Waals surface area contributed by atoms with E-state index in [0.717, 1.165) is 12.4 Å². The van der Waals surface area contributed by atoms with E-state index in [0.29, 0.717) is 12.0 Å². The molecular weight excluding hydrogens is 210 g/mol. The van der Waals surface area contributed by atoms with Crippen LogP contribution in [0.3, 0.4) is 0 Å². The summed E-state index contributed by atoms with van der Waals surface area (Å²) in [6.07, 6.45) is 6.75. The second-order valence-electron chi connectivity index (χ2n) is 5.15. The number of nitrogens with two attached hydrogens (primary N) is 1. The fourth-order valence-corrected chi connectivity index (χ4v) is 2.73. The third-order valence-corrected chi connectivity index (χ3v) is 3.64. The van der Waals surface area contributed by atoms with Crippen molar-refractivity contribution in [3.8, 4) is 0 Å². The molecule has 0 aromatic carbocycles. The van der Waals surface area contributed by atoms with Gasteiger partial charge in [0.15, 0.2) is 0 Å². The topological polar surface area (TPSA) is 50.9 Å². The summed E-state index contributed by atoms with van der Waals surface area (Å²) < 4.78 is 0. The van der Waals surface area contributed by atoms with Crippen LogP contribution < -0.4 is 11.1 Å². The third-order valence-electron chi connectivity index (χ3n) is 3.64. The van der Waals surface area contributed by atoms with Crippen LogP contribution in [0.5, 0.6) is 0 Å². The summed E-state index contributed by atoms with van der Waals surface area (Å²) in [4.78, 5) is 4.27. The molecule has 1 aliphatic carbocycles. The van der Waals surface area contributed by atoms with Gasteiger partial charge in [0.1, 0.15) is 5.82 Å². The van der Waals surface area contributed by atoms with Crippen molar-refractivity contribution in [2.45, 2.75) is 51.5 Å². The van der Waals surface area contributed by atoms with E-state index < -0.39 is 0 Å². The summed E-state index contributed by atoms with van der Waals surface area (Å²) in [6.45, 7) is 5.42. The van der Waals surface area contributed by atoms with Crippen LogP contribution in [0.15, 0.2) is 12.3 Å². The lowest BCUT2D eigenvalue weighted by atomic mass is 9.97. The van der Waals surface area contributed by atoms with Crippen molar-refractivity contribution in [3.63, 3.8) is 0 Å². The van der Waals surface area contributed by atoms with E-state index in [1.807, 2.05) is 6.20 Å². The molecule has 0 spiro atoms. The van der Waals surface area contributed by atoms with Gasteiger partial charge in [0.2, 0.25) is 0 Å². The minimum absolute atomic E-state index is 0.594. The summed E-state index contributed by atoms with van der Waals surface area (Å²) in [5.41, 5.74) is 8.45. The highest BCUT2D eigenvalue weighted by Gasteiger charge is 2.26. The van der Waals surface area contributed by atoms with Gasteiger partial charge >= 0.3 is 0 Å². The molecule has 2 unspecified atom stereocenters. The van der Waals surface area contributed by atoms with E-state index >= 15 is 0 Å². The van der Waals surface area contributed by atoms with Gasteiger partial charge in [-0.15, -0.1) is 0 Å².